The third-order valence-electron chi connectivity index (χ3n) is 5.70. The van der Waals surface area contributed by atoms with E-state index >= 15 is 0 Å². The van der Waals surface area contributed by atoms with E-state index in [0.29, 0.717) is 0 Å². The highest BCUT2D eigenvalue weighted by molar-refractivity contribution is 5.46. The molecular formula is C23H30N2O. The molecule has 1 aliphatic heterocycles. The molecule has 0 unspecified atom stereocenters. The minimum atomic E-state index is 0.817. The molecule has 0 atom stereocenters. The summed E-state index contributed by atoms with van der Waals surface area (Å²) in [6.07, 6.45) is 6.22. The van der Waals surface area contributed by atoms with Crippen LogP contribution in [0.3, 0.4) is 0 Å². The molecule has 2 aliphatic rings. The van der Waals surface area contributed by atoms with Crippen LogP contribution < -0.4 is 9.64 Å². The van der Waals surface area contributed by atoms with Crippen molar-refractivity contribution in [3.8, 4) is 5.75 Å². The van der Waals surface area contributed by atoms with E-state index in [1.165, 1.54) is 42.5 Å². The summed E-state index contributed by atoms with van der Waals surface area (Å²) in [5.74, 6) is 1.06. The Morgan fingerprint density at radius 3 is 2.38 bits per heavy atom. The van der Waals surface area contributed by atoms with Gasteiger partial charge in [0.05, 0.1) is 6.61 Å². The van der Waals surface area contributed by atoms with Crippen LogP contribution in [0.5, 0.6) is 5.75 Å². The molecule has 1 aliphatic carbocycles. The summed E-state index contributed by atoms with van der Waals surface area (Å²) in [6, 6.07) is 17.5. The molecule has 2 aromatic carbocycles. The predicted octanol–water partition coefficient (Wildman–Crippen LogP) is 4.16. The average Bonchev–Trinajstić information content (AvgIpc) is 2.72. The van der Waals surface area contributed by atoms with Gasteiger partial charge in [-0.15, -0.1) is 0 Å². The maximum atomic E-state index is 6.02. The van der Waals surface area contributed by atoms with Crippen molar-refractivity contribution in [1.29, 1.82) is 0 Å². The first kappa shape index (κ1) is 17.4. The second-order valence-electron chi connectivity index (χ2n) is 7.50. The summed E-state index contributed by atoms with van der Waals surface area (Å²) >= 11 is 0. The molecule has 0 saturated carbocycles. The molecule has 0 aromatic heterocycles. The largest absolute Gasteiger partial charge is 0.494 e. The molecule has 3 nitrogen and oxygen atoms in total. The van der Waals surface area contributed by atoms with E-state index in [-0.39, 0.29) is 0 Å². The lowest BCUT2D eigenvalue weighted by atomic mass is 9.92. The average molecular weight is 351 g/mol. The number of piperazine rings is 1. The number of ether oxygens (including phenoxy) is 1. The zero-order valence-electron chi connectivity index (χ0n) is 15.7. The lowest BCUT2D eigenvalue weighted by molar-refractivity contribution is 0.224. The Morgan fingerprint density at radius 2 is 1.58 bits per heavy atom. The van der Waals surface area contributed by atoms with Crippen LogP contribution in [0.1, 0.15) is 30.4 Å². The van der Waals surface area contributed by atoms with Crippen molar-refractivity contribution in [3.05, 3.63) is 59.7 Å². The molecule has 2 aromatic rings. The molecule has 1 fully saturated rings. The summed E-state index contributed by atoms with van der Waals surface area (Å²) in [4.78, 5) is 5.05. The van der Waals surface area contributed by atoms with Crippen molar-refractivity contribution in [2.75, 3.05) is 44.2 Å². The first-order valence-corrected chi connectivity index (χ1v) is 10.2. The Labute approximate surface area is 157 Å². The van der Waals surface area contributed by atoms with Gasteiger partial charge in [-0.1, -0.05) is 24.3 Å². The van der Waals surface area contributed by atoms with Gasteiger partial charge < -0.3 is 9.64 Å². The summed E-state index contributed by atoms with van der Waals surface area (Å²) in [5.41, 5.74) is 4.38. The number of aryl methyl sites for hydroxylation is 2. The first-order valence-electron chi connectivity index (χ1n) is 10.2. The molecule has 4 rings (SSSR count). The van der Waals surface area contributed by atoms with Crippen molar-refractivity contribution in [2.45, 2.75) is 32.1 Å². The highest BCUT2D eigenvalue weighted by Crippen LogP contribution is 2.25. The van der Waals surface area contributed by atoms with Gasteiger partial charge in [-0.25, -0.2) is 0 Å². The van der Waals surface area contributed by atoms with Crippen LogP contribution >= 0.6 is 0 Å². The van der Waals surface area contributed by atoms with Crippen LogP contribution in [0.4, 0.5) is 5.69 Å². The van der Waals surface area contributed by atoms with Crippen molar-refractivity contribution < 1.29 is 4.74 Å². The third kappa shape index (κ3) is 4.39. The van der Waals surface area contributed by atoms with E-state index < -0.39 is 0 Å². The summed E-state index contributed by atoms with van der Waals surface area (Å²) in [7, 11) is 0. The van der Waals surface area contributed by atoms with Gasteiger partial charge in [0.15, 0.2) is 0 Å². The van der Waals surface area contributed by atoms with Crippen LogP contribution in [0.2, 0.25) is 0 Å². The lowest BCUT2D eigenvalue weighted by Crippen LogP contribution is -2.46. The quantitative estimate of drug-likeness (QED) is 0.728. The highest BCUT2D eigenvalue weighted by Gasteiger charge is 2.16. The summed E-state index contributed by atoms with van der Waals surface area (Å²) in [5, 5.41) is 0. The van der Waals surface area contributed by atoms with E-state index in [1.807, 2.05) is 0 Å². The van der Waals surface area contributed by atoms with Crippen molar-refractivity contribution >= 4 is 5.69 Å². The van der Waals surface area contributed by atoms with Gasteiger partial charge >= 0.3 is 0 Å². The van der Waals surface area contributed by atoms with Crippen molar-refractivity contribution in [2.24, 2.45) is 0 Å². The fraction of sp³-hybridized carbons (Fsp3) is 0.478. The molecule has 1 saturated heterocycles. The SMILES string of the molecule is c1ccc(N2CCN(CCCOc3ccc4c(c3)CCCC4)CC2)cc1. The second kappa shape index (κ2) is 8.59. The maximum Gasteiger partial charge on any atom is 0.119 e. The van der Waals surface area contributed by atoms with Crippen molar-refractivity contribution in [3.63, 3.8) is 0 Å². The smallest absolute Gasteiger partial charge is 0.119 e. The molecular weight excluding hydrogens is 320 g/mol. The van der Waals surface area contributed by atoms with Gasteiger partial charge in [0.2, 0.25) is 0 Å². The number of hydrogen-bond donors (Lipinski definition) is 0. The molecule has 0 amide bonds. The van der Waals surface area contributed by atoms with Crippen LogP contribution in [-0.4, -0.2) is 44.2 Å². The monoisotopic (exact) mass is 350 g/mol. The number of para-hydroxylation sites is 1. The third-order valence-corrected chi connectivity index (χ3v) is 5.70. The Bertz CT molecular complexity index is 693. The molecule has 0 bridgehead atoms. The molecule has 3 heteroatoms. The van der Waals surface area contributed by atoms with E-state index in [1.54, 1.807) is 0 Å². The number of rotatable bonds is 6. The van der Waals surface area contributed by atoms with Crippen LogP contribution in [0.15, 0.2) is 48.5 Å². The predicted molar refractivity (Wildman–Crippen MR) is 108 cm³/mol. The Morgan fingerprint density at radius 1 is 0.808 bits per heavy atom. The zero-order chi connectivity index (χ0) is 17.6. The number of benzene rings is 2. The topological polar surface area (TPSA) is 15.7 Å². The summed E-state index contributed by atoms with van der Waals surface area (Å²) in [6.45, 7) is 6.48. The first-order chi connectivity index (χ1) is 12.9. The lowest BCUT2D eigenvalue weighted by Gasteiger charge is -2.36. The van der Waals surface area contributed by atoms with E-state index in [4.69, 9.17) is 4.74 Å². The Hall–Kier alpha value is -2.00. The molecule has 0 radical (unpaired) electrons. The number of fused-ring (bicyclic) bond motifs is 1. The van der Waals surface area contributed by atoms with Gasteiger partial charge in [-0.2, -0.15) is 0 Å². The van der Waals surface area contributed by atoms with Gasteiger partial charge in [0.25, 0.3) is 0 Å². The van der Waals surface area contributed by atoms with Crippen LogP contribution in [-0.2, 0) is 12.8 Å². The van der Waals surface area contributed by atoms with Gasteiger partial charge in [-0.3, -0.25) is 4.90 Å². The zero-order valence-corrected chi connectivity index (χ0v) is 15.7. The maximum absolute atomic E-state index is 6.02. The molecule has 138 valence electrons. The van der Waals surface area contributed by atoms with Crippen LogP contribution in [0.25, 0.3) is 0 Å². The highest BCUT2D eigenvalue weighted by atomic mass is 16.5. The standard InChI is InChI=1S/C23H30N2O/c1-2-9-22(10-3-1)25-16-14-24(15-17-25)13-6-18-26-23-12-11-20-7-4-5-8-21(20)19-23/h1-3,9-12,19H,4-8,13-18H2. The number of hydrogen-bond acceptors (Lipinski definition) is 3. The molecule has 1 heterocycles. The molecule has 0 N–H and O–H groups in total. The molecule has 0 spiro atoms. The molecule has 26 heavy (non-hydrogen) atoms. The van der Waals surface area contributed by atoms with Gasteiger partial charge in [0.1, 0.15) is 5.75 Å². The second-order valence-corrected chi connectivity index (χ2v) is 7.50. The summed E-state index contributed by atoms with van der Waals surface area (Å²) < 4.78 is 6.02. The fourth-order valence-corrected chi connectivity index (χ4v) is 4.15. The normalized spacial score (nSPS) is 17.8. The number of anilines is 1. The minimum Gasteiger partial charge on any atom is -0.494 e. The van der Waals surface area contributed by atoms with E-state index in [9.17, 15) is 0 Å². The van der Waals surface area contributed by atoms with E-state index in [2.05, 4.69) is 58.3 Å². The van der Waals surface area contributed by atoms with E-state index in [0.717, 1.165) is 51.5 Å². The minimum absolute atomic E-state index is 0.817. The Kier molecular flexibility index (Phi) is 5.75. The Balaban J connectivity index is 1.17. The fourth-order valence-electron chi connectivity index (χ4n) is 4.15. The van der Waals surface area contributed by atoms with Crippen molar-refractivity contribution in [1.82, 2.24) is 4.90 Å². The van der Waals surface area contributed by atoms with Crippen LogP contribution in [0, 0.1) is 0 Å². The number of nitrogens with zero attached hydrogens (tertiary/aromatic N) is 2. The van der Waals surface area contributed by atoms with Gasteiger partial charge in [0, 0.05) is 38.4 Å². The van der Waals surface area contributed by atoms with Gasteiger partial charge in [-0.05, 0) is 67.5 Å².